The van der Waals surface area contributed by atoms with Crippen molar-refractivity contribution in [2.75, 3.05) is 7.11 Å². The number of hydrogen-bond acceptors (Lipinski definition) is 8. The molecule has 1 heterocycles. The van der Waals surface area contributed by atoms with Crippen LogP contribution in [0.4, 0.5) is 0 Å². The van der Waals surface area contributed by atoms with Gasteiger partial charge >= 0.3 is 5.97 Å². The van der Waals surface area contributed by atoms with E-state index >= 15 is 0 Å². The smallest absolute Gasteiger partial charge is 0.331 e. The second-order valence-electron chi connectivity index (χ2n) is 5.91. The van der Waals surface area contributed by atoms with Crippen molar-refractivity contribution in [1.82, 2.24) is 5.32 Å². The number of carbonyl (C=O) groups excluding carboxylic acids is 2. The van der Waals surface area contributed by atoms with E-state index in [-0.39, 0.29) is 10.1 Å². The molecule has 0 bridgehead atoms. The monoisotopic (exact) mass is 420 g/mol. The molecule has 150 valence electrons. The number of nitrogens with zero attached hydrogens (tertiary/aromatic N) is 3. The van der Waals surface area contributed by atoms with Crippen molar-refractivity contribution in [2.24, 2.45) is 10.2 Å². The average molecular weight is 420 g/mol. The molecule has 0 radical (unpaired) electrons. The number of esters is 1. The van der Waals surface area contributed by atoms with E-state index in [9.17, 15) is 9.59 Å². The molecule has 1 amide bonds. The van der Waals surface area contributed by atoms with Crippen molar-refractivity contribution in [3.05, 3.63) is 76.2 Å². The highest BCUT2D eigenvalue weighted by Crippen LogP contribution is 2.23. The van der Waals surface area contributed by atoms with Gasteiger partial charge in [-0.05, 0) is 47.2 Å². The Morgan fingerprint density at radius 1 is 1.27 bits per heavy atom. The maximum atomic E-state index is 11.8. The minimum Gasteiger partial charge on any atom is -0.489 e. The Balaban J connectivity index is 1.59. The van der Waals surface area contributed by atoms with Gasteiger partial charge in [0.2, 0.25) is 0 Å². The highest BCUT2D eigenvalue weighted by atomic mass is 32.2. The number of nitriles is 1. The maximum Gasteiger partial charge on any atom is 0.331 e. The summed E-state index contributed by atoms with van der Waals surface area (Å²) in [7, 11) is 1.23. The number of rotatable bonds is 6. The van der Waals surface area contributed by atoms with Gasteiger partial charge in [0.1, 0.15) is 12.4 Å². The van der Waals surface area contributed by atoms with Gasteiger partial charge < -0.3 is 9.47 Å². The summed E-state index contributed by atoms with van der Waals surface area (Å²) < 4.78 is 10.3. The zero-order chi connectivity index (χ0) is 21.3. The standard InChI is InChI=1S/C21H16N4O4S/c1-28-19(26)10-18-20(27)24-21(30-18)25-23-12-16-3-2-4-17(9-16)29-13-15-7-5-14(11-22)6-8-15/h2-10,12H,13H2,1H3,(H,24,25,27)/b18-10+,23-12?. The third-order valence-corrected chi connectivity index (χ3v) is 4.70. The van der Waals surface area contributed by atoms with Gasteiger partial charge in [-0.3, -0.25) is 10.1 Å². The van der Waals surface area contributed by atoms with Crippen molar-refractivity contribution in [2.45, 2.75) is 6.61 Å². The van der Waals surface area contributed by atoms with E-state index in [0.717, 1.165) is 29.0 Å². The zero-order valence-corrected chi connectivity index (χ0v) is 16.7. The van der Waals surface area contributed by atoms with E-state index in [1.165, 1.54) is 13.3 Å². The molecule has 0 saturated carbocycles. The Morgan fingerprint density at radius 2 is 2.07 bits per heavy atom. The molecule has 1 aliphatic heterocycles. The summed E-state index contributed by atoms with van der Waals surface area (Å²) >= 11 is 1.00. The maximum absolute atomic E-state index is 11.8. The van der Waals surface area contributed by atoms with Gasteiger partial charge in [0.05, 0.1) is 29.9 Å². The van der Waals surface area contributed by atoms with Crippen molar-refractivity contribution in [1.29, 1.82) is 5.26 Å². The molecular weight excluding hydrogens is 404 g/mol. The summed E-state index contributed by atoms with van der Waals surface area (Å²) in [5, 5.41) is 19.5. The fraction of sp³-hybridized carbons (Fsp3) is 0.0952. The lowest BCUT2D eigenvalue weighted by Gasteiger charge is -2.06. The molecule has 30 heavy (non-hydrogen) atoms. The summed E-state index contributed by atoms with van der Waals surface area (Å²) in [5.41, 5.74) is 2.31. The van der Waals surface area contributed by atoms with E-state index in [2.05, 4.69) is 26.3 Å². The van der Waals surface area contributed by atoms with Crippen LogP contribution in [0.5, 0.6) is 5.75 Å². The SMILES string of the molecule is COC(=O)/C=C1/S/C(=N\N=Cc2cccc(OCc3ccc(C#N)cc3)c2)NC1=O. The van der Waals surface area contributed by atoms with Gasteiger partial charge in [0, 0.05) is 6.08 Å². The molecule has 1 fully saturated rings. The van der Waals surface area contributed by atoms with Crippen LogP contribution >= 0.6 is 11.8 Å². The topological polar surface area (TPSA) is 113 Å². The Morgan fingerprint density at radius 3 is 2.80 bits per heavy atom. The van der Waals surface area contributed by atoms with Crippen LogP contribution in [0.1, 0.15) is 16.7 Å². The number of ether oxygens (including phenoxy) is 2. The number of amides is 1. The van der Waals surface area contributed by atoms with E-state index in [1.807, 2.05) is 30.3 Å². The first kappa shape index (κ1) is 20.8. The van der Waals surface area contributed by atoms with Crippen LogP contribution in [-0.4, -0.2) is 30.4 Å². The lowest BCUT2D eigenvalue weighted by Crippen LogP contribution is -2.19. The minimum absolute atomic E-state index is 0.189. The van der Waals surface area contributed by atoms with Gasteiger partial charge in [0.15, 0.2) is 5.17 Å². The molecule has 1 aliphatic rings. The minimum atomic E-state index is -0.616. The molecule has 0 spiro atoms. The fourth-order valence-electron chi connectivity index (χ4n) is 2.32. The molecule has 1 N–H and O–H groups in total. The number of thioether (sulfide) groups is 1. The predicted octanol–water partition coefficient (Wildman–Crippen LogP) is 2.75. The molecule has 0 aliphatic carbocycles. The summed E-state index contributed by atoms with van der Waals surface area (Å²) in [5.74, 6) is -0.393. The van der Waals surface area contributed by atoms with Gasteiger partial charge in [0.25, 0.3) is 5.91 Å². The summed E-state index contributed by atoms with van der Waals surface area (Å²) in [6.07, 6.45) is 2.62. The Labute approximate surface area is 176 Å². The normalized spacial score (nSPS) is 15.9. The highest BCUT2D eigenvalue weighted by Gasteiger charge is 2.24. The third-order valence-electron chi connectivity index (χ3n) is 3.80. The largest absolute Gasteiger partial charge is 0.489 e. The number of amidine groups is 1. The number of nitrogens with one attached hydrogen (secondary N) is 1. The quantitative estimate of drug-likeness (QED) is 0.333. The van der Waals surface area contributed by atoms with E-state index in [0.29, 0.717) is 17.9 Å². The van der Waals surface area contributed by atoms with E-state index < -0.39 is 11.9 Å². The number of carbonyl (C=O) groups is 2. The van der Waals surface area contributed by atoms with Crippen LogP contribution in [0.3, 0.4) is 0 Å². The summed E-state index contributed by atoms with van der Waals surface area (Å²) in [6, 6.07) is 16.5. The lowest BCUT2D eigenvalue weighted by atomic mass is 10.1. The van der Waals surface area contributed by atoms with Gasteiger partial charge in [-0.15, -0.1) is 5.10 Å². The summed E-state index contributed by atoms with van der Waals surface area (Å²) in [4.78, 5) is 23.2. The van der Waals surface area contributed by atoms with Crippen LogP contribution in [-0.2, 0) is 20.9 Å². The van der Waals surface area contributed by atoms with Crippen molar-refractivity contribution < 1.29 is 19.1 Å². The van der Waals surface area contributed by atoms with Crippen molar-refractivity contribution in [3.63, 3.8) is 0 Å². The van der Waals surface area contributed by atoms with Crippen molar-refractivity contribution >= 4 is 35.0 Å². The predicted molar refractivity (Wildman–Crippen MR) is 113 cm³/mol. The molecule has 0 unspecified atom stereocenters. The molecule has 3 rings (SSSR count). The molecule has 0 atom stereocenters. The second kappa shape index (κ2) is 10.0. The van der Waals surface area contributed by atoms with Crippen LogP contribution in [0, 0.1) is 11.3 Å². The highest BCUT2D eigenvalue weighted by molar-refractivity contribution is 8.18. The number of benzene rings is 2. The Bertz CT molecular complexity index is 1080. The first-order valence-electron chi connectivity index (χ1n) is 8.69. The molecule has 8 nitrogen and oxygen atoms in total. The van der Waals surface area contributed by atoms with Crippen LogP contribution in [0.15, 0.2) is 69.7 Å². The first-order valence-corrected chi connectivity index (χ1v) is 9.51. The van der Waals surface area contributed by atoms with Gasteiger partial charge in [-0.2, -0.15) is 10.4 Å². The summed E-state index contributed by atoms with van der Waals surface area (Å²) in [6.45, 7) is 0.368. The average Bonchev–Trinajstić information content (AvgIpc) is 3.11. The number of methoxy groups -OCH3 is 1. The third kappa shape index (κ3) is 5.80. The van der Waals surface area contributed by atoms with Gasteiger partial charge in [-0.1, -0.05) is 24.3 Å². The molecule has 0 aromatic heterocycles. The second-order valence-corrected chi connectivity index (χ2v) is 6.94. The first-order chi connectivity index (χ1) is 14.6. The van der Waals surface area contributed by atoms with E-state index in [1.54, 1.807) is 18.2 Å². The molecule has 1 saturated heterocycles. The Hall–Kier alpha value is -3.90. The van der Waals surface area contributed by atoms with Crippen molar-refractivity contribution in [3.8, 4) is 11.8 Å². The van der Waals surface area contributed by atoms with Gasteiger partial charge in [-0.25, -0.2) is 4.79 Å². The fourth-order valence-corrected chi connectivity index (χ4v) is 3.05. The van der Waals surface area contributed by atoms with Crippen LogP contribution in [0.25, 0.3) is 0 Å². The zero-order valence-electron chi connectivity index (χ0n) is 15.9. The number of hydrogen-bond donors (Lipinski definition) is 1. The molecular formula is C21H16N4O4S. The molecule has 9 heteroatoms. The Kier molecular flexibility index (Phi) is 6.97. The van der Waals surface area contributed by atoms with Crippen LogP contribution < -0.4 is 10.1 Å². The van der Waals surface area contributed by atoms with Crippen LogP contribution in [0.2, 0.25) is 0 Å². The van der Waals surface area contributed by atoms with E-state index in [4.69, 9.17) is 10.00 Å². The molecule has 2 aromatic carbocycles. The lowest BCUT2D eigenvalue weighted by molar-refractivity contribution is -0.135. The molecule has 2 aromatic rings.